The zero-order valence-electron chi connectivity index (χ0n) is 8.79. The molecule has 2 heterocycles. The fourth-order valence-corrected chi connectivity index (χ4v) is 1.28. The lowest BCUT2D eigenvalue weighted by molar-refractivity contribution is 0.356. The number of nitrogens with two attached hydrogens (primary N) is 1. The summed E-state index contributed by atoms with van der Waals surface area (Å²) >= 11 is 0. The van der Waals surface area contributed by atoms with Gasteiger partial charge in [-0.2, -0.15) is 4.98 Å². The normalized spacial score (nSPS) is 12.3. The van der Waals surface area contributed by atoms with E-state index in [1.165, 1.54) is 0 Å². The third kappa shape index (κ3) is 1.81. The van der Waals surface area contributed by atoms with E-state index in [-0.39, 0.29) is 0 Å². The molecule has 2 aromatic heterocycles. The van der Waals surface area contributed by atoms with Crippen LogP contribution in [0.3, 0.4) is 0 Å². The van der Waals surface area contributed by atoms with E-state index < -0.39 is 6.04 Å². The van der Waals surface area contributed by atoms with Gasteiger partial charge in [-0.1, -0.05) is 5.16 Å². The average Bonchev–Trinajstić information content (AvgIpc) is 2.86. The molecule has 1 atom stereocenters. The van der Waals surface area contributed by atoms with Crippen LogP contribution >= 0.6 is 0 Å². The van der Waals surface area contributed by atoms with Crippen molar-refractivity contribution in [3.63, 3.8) is 0 Å². The molecule has 0 aliphatic rings. The molecule has 0 aliphatic carbocycles. The maximum absolute atomic E-state index is 5.75. The zero-order chi connectivity index (χ0) is 11.5. The number of hydrogen-bond acceptors (Lipinski definition) is 5. The summed E-state index contributed by atoms with van der Waals surface area (Å²) in [5.74, 6) is 3.25. The Bertz CT molecular complexity index is 521. The van der Waals surface area contributed by atoms with Crippen LogP contribution in [0.1, 0.15) is 18.4 Å². The number of terminal acetylenes is 1. The molecule has 0 spiro atoms. The van der Waals surface area contributed by atoms with E-state index in [0.29, 0.717) is 18.1 Å². The topological polar surface area (TPSA) is 82.8 Å². The Balaban J connectivity index is 2.27. The summed E-state index contributed by atoms with van der Waals surface area (Å²) in [5, 5.41) is 3.83. The Morgan fingerprint density at radius 3 is 3.12 bits per heavy atom. The molecule has 0 aromatic carbocycles. The van der Waals surface area contributed by atoms with Gasteiger partial charge in [0.15, 0.2) is 0 Å². The number of nitrogens with zero attached hydrogens (tertiary/aromatic N) is 4. The highest BCUT2D eigenvalue weighted by atomic mass is 16.5. The van der Waals surface area contributed by atoms with Gasteiger partial charge >= 0.3 is 0 Å². The van der Waals surface area contributed by atoms with Gasteiger partial charge in [-0.3, -0.25) is 0 Å². The van der Waals surface area contributed by atoms with Crippen LogP contribution in [0.15, 0.2) is 17.0 Å². The van der Waals surface area contributed by atoms with E-state index in [1.807, 2.05) is 7.05 Å². The van der Waals surface area contributed by atoms with Crippen LogP contribution in [0.5, 0.6) is 0 Å². The van der Waals surface area contributed by atoms with Crippen LogP contribution in [-0.2, 0) is 7.05 Å². The van der Waals surface area contributed by atoms with Gasteiger partial charge < -0.3 is 14.8 Å². The van der Waals surface area contributed by atoms with Gasteiger partial charge in [0.25, 0.3) is 0 Å². The van der Waals surface area contributed by atoms with Crippen LogP contribution in [-0.4, -0.2) is 19.7 Å². The highest BCUT2D eigenvalue weighted by molar-refractivity contribution is 5.47. The molecule has 6 heteroatoms. The fourth-order valence-electron chi connectivity index (χ4n) is 1.28. The largest absolute Gasteiger partial charge is 0.337 e. The maximum atomic E-state index is 5.75. The second kappa shape index (κ2) is 4.16. The van der Waals surface area contributed by atoms with Crippen molar-refractivity contribution < 1.29 is 4.52 Å². The van der Waals surface area contributed by atoms with Crippen molar-refractivity contribution in [2.45, 2.75) is 12.5 Å². The first-order chi connectivity index (χ1) is 7.72. The lowest BCUT2D eigenvalue weighted by Crippen LogP contribution is -2.09. The van der Waals surface area contributed by atoms with Gasteiger partial charge in [0.1, 0.15) is 5.69 Å². The Hall–Kier alpha value is -2.13. The van der Waals surface area contributed by atoms with Crippen molar-refractivity contribution in [1.29, 1.82) is 0 Å². The fraction of sp³-hybridized carbons (Fsp3) is 0.300. The first-order valence-corrected chi connectivity index (χ1v) is 4.71. The standard InChI is InChI=1S/C10H11N5O/c1-3-4-7(11)10-13-9(14-16-10)8-5-12-6-15(8)2/h1,5-7H,4,11H2,2H3. The number of rotatable bonds is 3. The van der Waals surface area contributed by atoms with Crippen molar-refractivity contribution in [3.05, 3.63) is 18.4 Å². The van der Waals surface area contributed by atoms with E-state index in [0.717, 1.165) is 5.69 Å². The third-order valence-electron chi connectivity index (χ3n) is 2.14. The van der Waals surface area contributed by atoms with Gasteiger partial charge in [-0.15, -0.1) is 12.3 Å². The molecule has 0 radical (unpaired) electrons. The van der Waals surface area contributed by atoms with Crippen molar-refractivity contribution in [3.8, 4) is 23.9 Å². The van der Waals surface area contributed by atoms with E-state index in [4.69, 9.17) is 16.7 Å². The molecule has 0 saturated heterocycles. The highest BCUT2D eigenvalue weighted by Crippen LogP contribution is 2.17. The van der Waals surface area contributed by atoms with Gasteiger partial charge in [-0.25, -0.2) is 4.98 Å². The lowest BCUT2D eigenvalue weighted by Gasteiger charge is -1.98. The molecule has 0 aliphatic heterocycles. The maximum Gasteiger partial charge on any atom is 0.244 e. The Labute approximate surface area is 92.5 Å². The Morgan fingerprint density at radius 2 is 2.50 bits per heavy atom. The smallest absolute Gasteiger partial charge is 0.244 e. The van der Waals surface area contributed by atoms with Crippen LogP contribution < -0.4 is 5.73 Å². The molecule has 0 saturated carbocycles. The van der Waals surface area contributed by atoms with E-state index in [9.17, 15) is 0 Å². The third-order valence-corrected chi connectivity index (χ3v) is 2.14. The summed E-state index contributed by atoms with van der Waals surface area (Å²) in [6, 6.07) is -0.417. The molecule has 2 rings (SSSR count). The first-order valence-electron chi connectivity index (χ1n) is 4.71. The molecule has 1 unspecified atom stereocenters. The summed E-state index contributed by atoms with van der Waals surface area (Å²) in [4.78, 5) is 8.14. The summed E-state index contributed by atoms with van der Waals surface area (Å²) in [6.45, 7) is 0. The summed E-state index contributed by atoms with van der Waals surface area (Å²) in [6.07, 6.45) is 8.84. The Kier molecular flexibility index (Phi) is 2.70. The molecular formula is C10H11N5O. The minimum absolute atomic E-state index is 0.342. The van der Waals surface area contributed by atoms with Crippen LogP contribution in [0.2, 0.25) is 0 Å². The van der Waals surface area contributed by atoms with Gasteiger partial charge in [0.2, 0.25) is 11.7 Å². The predicted octanol–water partition coefficient (Wildman–Crippen LogP) is 0.493. The van der Waals surface area contributed by atoms with Crippen LogP contribution in [0.4, 0.5) is 0 Å². The second-order valence-corrected chi connectivity index (χ2v) is 3.36. The average molecular weight is 217 g/mol. The van der Waals surface area contributed by atoms with Gasteiger partial charge in [0, 0.05) is 13.5 Å². The molecular weight excluding hydrogens is 206 g/mol. The number of hydrogen-bond donors (Lipinski definition) is 1. The molecule has 0 amide bonds. The van der Waals surface area contributed by atoms with Crippen molar-refractivity contribution in [1.82, 2.24) is 19.7 Å². The predicted molar refractivity (Wildman–Crippen MR) is 56.9 cm³/mol. The lowest BCUT2D eigenvalue weighted by atomic mass is 10.2. The van der Waals surface area contributed by atoms with Crippen molar-refractivity contribution in [2.24, 2.45) is 12.8 Å². The van der Waals surface area contributed by atoms with E-state index >= 15 is 0 Å². The molecule has 0 fully saturated rings. The highest BCUT2D eigenvalue weighted by Gasteiger charge is 2.16. The second-order valence-electron chi connectivity index (χ2n) is 3.36. The van der Waals surface area contributed by atoms with E-state index in [2.05, 4.69) is 21.0 Å². The Morgan fingerprint density at radius 1 is 1.69 bits per heavy atom. The quantitative estimate of drug-likeness (QED) is 0.756. The van der Waals surface area contributed by atoms with Crippen LogP contribution in [0.25, 0.3) is 11.5 Å². The molecule has 6 nitrogen and oxygen atoms in total. The minimum atomic E-state index is -0.417. The SMILES string of the molecule is C#CCC(N)c1nc(-c2cncn2C)no1. The van der Waals surface area contributed by atoms with Gasteiger partial charge in [-0.05, 0) is 0 Å². The van der Waals surface area contributed by atoms with Crippen LogP contribution in [0, 0.1) is 12.3 Å². The molecule has 82 valence electrons. The first kappa shape index (κ1) is 10.4. The monoisotopic (exact) mass is 217 g/mol. The summed E-state index contributed by atoms with van der Waals surface area (Å²) < 4.78 is 6.83. The number of aromatic nitrogens is 4. The number of imidazole rings is 1. The molecule has 2 aromatic rings. The summed E-state index contributed by atoms with van der Waals surface area (Å²) in [5.41, 5.74) is 6.52. The van der Waals surface area contributed by atoms with E-state index in [1.54, 1.807) is 17.1 Å². The molecule has 0 bridgehead atoms. The summed E-state index contributed by atoms with van der Waals surface area (Å²) in [7, 11) is 1.85. The molecule has 16 heavy (non-hydrogen) atoms. The minimum Gasteiger partial charge on any atom is -0.337 e. The van der Waals surface area contributed by atoms with Crippen molar-refractivity contribution in [2.75, 3.05) is 0 Å². The number of aryl methyl sites for hydroxylation is 1. The molecule has 2 N–H and O–H groups in total. The van der Waals surface area contributed by atoms with Crippen molar-refractivity contribution >= 4 is 0 Å². The van der Waals surface area contributed by atoms with Gasteiger partial charge in [0.05, 0.1) is 18.6 Å². The zero-order valence-corrected chi connectivity index (χ0v) is 8.79.